The van der Waals surface area contributed by atoms with Crippen LogP contribution in [0.2, 0.25) is 5.02 Å². The Bertz CT molecular complexity index is 500. The SMILES string of the molecule is CC(=O)c1cc(Cl)ccc1OCC(=O)N[C@@H](C)C(C)C. The second kappa shape index (κ2) is 7.29. The summed E-state index contributed by atoms with van der Waals surface area (Å²) in [5.41, 5.74) is 0.377. The van der Waals surface area contributed by atoms with Gasteiger partial charge in [0.15, 0.2) is 12.4 Å². The number of carbonyl (C=O) groups is 2. The highest BCUT2D eigenvalue weighted by Crippen LogP contribution is 2.23. The molecule has 0 radical (unpaired) electrons. The van der Waals surface area contributed by atoms with E-state index in [-0.39, 0.29) is 24.3 Å². The molecule has 1 aromatic carbocycles. The average Bonchev–Trinajstić information content (AvgIpc) is 2.36. The molecule has 1 rings (SSSR count). The van der Waals surface area contributed by atoms with E-state index in [9.17, 15) is 9.59 Å². The molecule has 1 aromatic rings. The summed E-state index contributed by atoms with van der Waals surface area (Å²) in [7, 11) is 0. The van der Waals surface area contributed by atoms with Gasteiger partial charge in [-0.15, -0.1) is 0 Å². The lowest BCUT2D eigenvalue weighted by molar-refractivity contribution is -0.124. The number of Topliss-reactive ketones (excluding diaryl/α,β-unsaturated/α-hetero) is 1. The minimum Gasteiger partial charge on any atom is -0.483 e. The topological polar surface area (TPSA) is 55.4 Å². The maximum absolute atomic E-state index is 11.7. The Kier molecular flexibility index (Phi) is 6.02. The number of halogens is 1. The third kappa shape index (κ3) is 4.85. The summed E-state index contributed by atoms with van der Waals surface area (Å²) >= 11 is 5.84. The predicted octanol–water partition coefficient (Wildman–Crippen LogP) is 3.08. The van der Waals surface area contributed by atoms with E-state index in [4.69, 9.17) is 16.3 Å². The Morgan fingerprint density at radius 2 is 1.95 bits per heavy atom. The van der Waals surface area contributed by atoms with Crippen molar-refractivity contribution in [1.29, 1.82) is 0 Å². The number of carbonyl (C=O) groups excluding carboxylic acids is 2. The second-order valence-electron chi connectivity index (χ2n) is 5.09. The molecular weight excluding hydrogens is 278 g/mol. The highest BCUT2D eigenvalue weighted by molar-refractivity contribution is 6.31. The van der Waals surface area contributed by atoms with Crippen molar-refractivity contribution in [3.05, 3.63) is 28.8 Å². The number of nitrogens with one attached hydrogen (secondary N) is 1. The van der Waals surface area contributed by atoms with Crippen LogP contribution in [0.4, 0.5) is 0 Å². The van der Waals surface area contributed by atoms with Gasteiger partial charge in [0.1, 0.15) is 5.75 Å². The Hall–Kier alpha value is -1.55. The molecule has 1 N–H and O–H groups in total. The Morgan fingerprint density at radius 3 is 2.50 bits per heavy atom. The zero-order valence-electron chi connectivity index (χ0n) is 12.2. The minimum absolute atomic E-state index is 0.0728. The molecule has 5 heteroatoms. The van der Waals surface area contributed by atoms with E-state index in [2.05, 4.69) is 5.32 Å². The molecule has 0 bridgehead atoms. The lowest BCUT2D eigenvalue weighted by Gasteiger charge is -2.18. The largest absolute Gasteiger partial charge is 0.483 e. The van der Waals surface area contributed by atoms with Crippen LogP contribution in [-0.2, 0) is 4.79 Å². The highest BCUT2D eigenvalue weighted by Gasteiger charge is 2.13. The maximum Gasteiger partial charge on any atom is 0.258 e. The van der Waals surface area contributed by atoms with Crippen molar-refractivity contribution >= 4 is 23.3 Å². The van der Waals surface area contributed by atoms with Crippen molar-refractivity contribution < 1.29 is 14.3 Å². The molecule has 4 nitrogen and oxygen atoms in total. The van der Waals surface area contributed by atoms with Crippen LogP contribution in [0.5, 0.6) is 5.75 Å². The van der Waals surface area contributed by atoms with Gasteiger partial charge in [-0.25, -0.2) is 0 Å². The van der Waals surface area contributed by atoms with E-state index in [0.29, 0.717) is 22.3 Å². The molecule has 0 fully saturated rings. The molecule has 0 aliphatic carbocycles. The quantitative estimate of drug-likeness (QED) is 0.821. The fourth-order valence-corrected chi connectivity index (χ4v) is 1.68. The fraction of sp³-hybridized carbons (Fsp3) is 0.467. The number of ketones is 1. The van der Waals surface area contributed by atoms with E-state index in [0.717, 1.165) is 0 Å². The van der Waals surface area contributed by atoms with Crippen molar-refractivity contribution in [2.24, 2.45) is 5.92 Å². The first kappa shape index (κ1) is 16.5. The van der Waals surface area contributed by atoms with Gasteiger partial charge in [-0.2, -0.15) is 0 Å². The molecule has 20 heavy (non-hydrogen) atoms. The van der Waals surface area contributed by atoms with Crippen LogP contribution < -0.4 is 10.1 Å². The highest BCUT2D eigenvalue weighted by atomic mass is 35.5. The molecule has 0 aliphatic rings. The van der Waals surface area contributed by atoms with E-state index in [1.807, 2.05) is 20.8 Å². The molecule has 0 spiro atoms. The number of amides is 1. The smallest absolute Gasteiger partial charge is 0.258 e. The van der Waals surface area contributed by atoms with Gasteiger partial charge in [0.05, 0.1) is 5.56 Å². The minimum atomic E-state index is -0.212. The van der Waals surface area contributed by atoms with Crippen molar-refractivity contribution in [1.82, 2.24) is 5.32 Å². The van der Waals surface area contributed by atoms with Crippen molar-refractivity contribution in [3.8, 4) is 5.75 Å². The molecule has 1 atom stereocenters. The summed E-state index contributed by atoms with van der Waals surface area (Å²) < 4.78 is 5.40. The van der Waals surface area contributed by atoms with Gasteiger partial charge in [-0.05, 0) is 38.0 Å². The molecule has 0 heterocycles. The Morgan fingerprint density at radius 1 is 1.30 bits per heavy atom. The normalized spacial score (nSPS) is 12.1. The Labute approximate surface area is 124 Å². The summed E-state index contributed by atoms with van der Waals surface area (Å²) in [6, 6.07) is 4.83. The summed E-state index contributed by atoms with van der Waals surface area (Å²) in [4.78, 5) is 23.2. The molecule has 0 aromatic heterocycles. The van der Waals surface area contributed by atoms with E-state index in [1.54, 1.807) is 12.1 Å². The van der Waals surface area contributed by atoms with Gasteiger partial charge in [0, 0.05) is 11.1 Å². The van der Waals surface area contributed by atoms with Crippen LogP contribution in [0.25, 0.3) is 0 Å². The molecular formula is C15H20ClNO3. The van der Waals surface area contributed by atoms with E-state index >= 15 is 0 Å². The standard InChI is InChI=1S/C15H20ClNO3/c1-9(2)10(3)17-15(19)8-20-14-6-5-12(16)7-13(14)11(4)18/h5-7,9-10H,8H2,1-4H3,(H,17,19)/t10-/m0/s1. The third-order valence-electron chi connectivity index (χ3n) is 3.07. The van der Waals surface area contributed by atoms with Crippen LogP contribution in [0.3, 0.4) is 0 Å². The summed E-state index contributed by atoms with van der Waals surface area (Å²) in [6.45, 7) is 7.29. The number of ether oxygens (including phenoxy) is 1. The number of benzene rings is 1. The number of hydrogen-bond acceptors (Lipinski definition) is 3. The molecule has 0 saturated heterocycles. The van der Waals surface area contributed by atoms with Gasteiger partial charge in [-0.3, -0.25) is 9.59 Å². The van der Waals surface area contributed by atoms with Gasteiger partial charge in [0.25, 0.3) is 5.91 Å². The van der Waals surface area contributed by atoms with E-state index in [1.165, 1.54) is 13.0 Å². The second-order valence-corrected chi connectivity index (χ2v) is 5.52. The summed E-state index contributed by atoms with van der Waals surface area (Å²) in [5, 5.41) is 3.29. The zero-order valence-corrected chi connectivity index (χ0v) is 13.0. The van der Waals surface area contributed by atoms with Gasteiger partial charge < -0.3 is 10.1 Å². The van der Waals surface area contributed by atoms with Crippen LogP contribution in [-0.4, -0.2) is 24.3 Å². The van der Waals surface area contributed by atoms with Crippen molar-refractivity contribution in [2.45, 2.75) is 33.7 Å². The van der Waals surface area contributed by atoms with Crippen LogP contribution in [0.1, 0.15) is 38.1 Å². The molecule has 0 saturated carbocycles. The van der Waals surface area contributed by atoms with Crippen molar-refractivity contribution in [3.63, 3.8) is 0 Å². The summed E-state index contributed by atoms with van der Waals surface area (Å²) in [5.74, 6) is 0.352. The lowest BCUT2D eigenvalue weighted by Crippen LogP contribution is -2.39. The first-order valence-corrected chi connectivity index (χ1v) is 6.91. The van der Waals surface area contributed by atoms with Crippen molar-refractivity contribution in [2.75, 3.05) is 6.61 Å². The third-order valence-corrected chi connectivity index (χ3v) is 3.30. The monoisotopic (exact) mass is 297 g/mol. The summed E-state index contributed by atoms with van der Waals surface area (Å²) in [6.07, 6.45) is 0. The van der Waals surface area contributed by atoms with Gasteiger partial charge in [-0.1, -0.05) is 25.4 Å². The van der Waals surface area contributed by atoms with Crippen LogP contribution in [0.15, 0.2) is 18.2 Å². The number of hydrogen-bond donors (Lipinski definition) is 1. The first-order valence-electron chi connectivity index (χ1n) is 6.54. The van der Waals surface area contributed by atoms with Gasteiger partial charge >= 0.3 is 0 Å². The average molecular weight is 298 g/mol. The zero-order chi connectivity index (χ0) is 15.3. The lowest BCUT2D eigenvalue weighted by atomic mass is 10.1. The molecule has 110 valence electrons. The Balaban J connectivity index is 2.66. The van der Waals surface area contributed by atoms with Crippen LogP contribution >= 0.6 is 11.6 Å². The molecule has 0 unspecified atom stereocenters. The van der Waals surface area contributed by atoms with Gasteiger partial charge in [0.2, 0.25) is 0 Å². The fourth-order valence-electron chi connectivity index (χ4n) is 1.51. The number of rotatable bonds is 6. The van der Waals surface area contributed by atoms with E-state index < -0.39 is 0 Å². The first-order chi connectivity index (χ1) is 9.31. The molecule has 1 amide bonds. The predicted molar refractivity (Wildman–Crippen MR) is 79.4 cm³/mol. The molecule has 0 aliphatic heterocycles. The van der Waals surface area contributed by atoms with Crippen LogP contribution in [0, 0.1) is 5.92 Å². The maximum atomic E-state index is 11.7.